The number of aromatic nitrogens is 2. The fourth-order valence-electron chi connectivity index (χ4n) is 3.79. The molecule has 0 spiro atoms. The first-order chi connectivity index (χ1) is 14.5. The van der Waals surface area contributed by atoms with Crippen molar-refractivity contribution in [3.8, 4) is 5.69 Å². The molecule has 0 aliphatic carbocycles. The molecule has 1 N–H and O–H groups in total. The van der Waals surface area contributed by atoms with Gasteiger partial charge in [0.1, 0.15) is 11.5 Å². The van der Waals surface area contributed by atoms with E-state index in [1.165, 1.54) is 16.9 Å². The Kier molecular flexibility index (Phi) is 5.81. The molecule has 2 heterocycles. The highest BCUT2D eigenvalue weighted by Crippen LogP contribution is 2.22. The second-order valence-electron chi connectivity index (χ2n) is 7.61. The second kappa shape index (κ2) is 8.67. The van der Waals surface area contributed by atoms with Crippen LogP contribution in [0.4, 0.5) is 10.1 Å². The summed E-state index contributed by atoms with van der Waals surface area (Å²) in [5.74, 6) is -0.597. The van der Waals surface area contributed by atoms with Gasteiger partial charge in [0.05, 0.1) is 17.5 Å². The van der Waals surface area contributed by atoms with Crippen molar-refractivity contribution in [2.24, 2.45) is 0 Å². The van der Waals surface area contributed by atoms with Gasteiger partial charge in [-0.05, 0) is 37.7 Å². The van der Waals surface area contributed by atoms with Crippen LogP contribution in [0.25, 0.3) is 5.69 Å². The number of hydrogen-bond acceptors (Lipinski definition) is 4. The molecule has 156 valence electrons. The third kappa shape index (κ3) is 4.07. The number of halogens is 1. The van der Waals surface area contributed by atoms with Crippen LogP contribution in [0.1, 0.15) is 21.6 Å². The van der Waals surface area contributed by atoms with Gasteiger partial charge >= 0.3 is 0 Å². The quantitative estimate of drug-likeness (QED) is 0.707. The molecular formula is C23H26FN5O. The van der Waals surface area contributed by atoms with Gasteiger partial charge in [-0.1, -0.05) is 30.3 Å². The third-order valence-corrected chi connectivity index (χ3v) is 5.61. The summed E-state index contributed by atoms with van der Waals surface area (Å²) in [6.45, 7) is 6.17. The van der Waals surface area contributed by atoms with E-state index >= 15 is 0 Å². The van der Waals surface area contributed by atoms with E-state index in [2.05, 4.69) is 33.3 Å². The van der Waals surface area contributed by atoms with Gasteiger partial charge in [0.2, 0.25) is 0 Å². The van der Waals surface area contributed by atoms with E-state index < -0.39 is 0 Å². The number of carbonyl (C=O) groups is 1. The van der Waals surface area contributed by atoms with Crippen LogP contribution in [0.5, 0.6) is 0 Å². The van der Waals surface area contributed by atoms with Gasteiger partial charge in [0.25, 0.3) is 5.91 Å². The summed E-state index contributed by atoms with van der Waals surface area (Å²) in [4.78, 5) is 17.5. The van der Waals surface area contributed by atoms with Gasteiger partial charge < -0.3 is 15.1 Å². The van der Waals surface area contributed by atoms with Crippen LogP contribution in [0.15, 0.2) is 54.7 Å². The summed E-state index contributed by atoms with van der Waals surface area (Å²) in [5, 5.41) is 7.22. The molecule has 1 fully saturated rings. The molecule has 1 saturated heterocycles. The Morgan fingerprint density at radius 2 is 1.70 bits per heavy atom. The number of likely N-dealkylation sites (N-methyl/N-ethyl adjacent to an activating group) is 1. The average molecular weight is 407 g/mol. The van der Waals surface area contributed by atoms with Crippen molar-refractivity contribution in [3.63, 3.8) is 0 Å². The van der Waals surface area contributed by atoms with Crippen molar-refractivity contribution in [2.75, 3.05) is 38.1 Å². The van der Waals surface area contributed by atoms with Gasteiger partial charge in [0, 0.05) is 38.4 Å². The zero-order valence-corrected chi connectivity index (χ0v) is 17.3. The number of nitrogens with one attached hydrogen (secondary N) is 1. The molecule has 1 aromatic heterocycles. The molecule has 4 rings (SSSR count). The lowest BCUT2D eigenvalue weighted by Gasteiger charge is -2.35. The molecule has 1 aliphatic rings. The monoisotopic (exact) mass is 407 g/mol. The molecule has 6 nitrogen and oxygen atoms in total. The Labute approximate surface area is 175 Å². The van der Waals surface area contributed by atoms with E-state index in [0.29, 0.717) is 23.5 Å². The topological polar surface area (TPSA) is 53.4 Å². The SMILES string of the molecule is Cc1c(C(=O)NCc2ccccc2N2CCN(C)CC2)cnn1-c1ccccc1F. The standard InChI is InChI=1S/C23H26FN5O/c1-17-19(16-26-29(17)22-10-6-4-8-20(22)24)23(30)25-15-18-7-3-5-9-21(18)28-13-11-27(2)12-14-28/h3-10,16H,11-15H2,1-2H3,(H,25,30). The Morgan fingerprint density at radius 1 is 1.03 bits per heavy atom. The predicted octanol–water partition coefficient (Wildman–Crippen LogP) is 3.00. The highest BCUT2D eigenvalue weighted by atomic mass is 19.1. The van der Waals surface area contributed by atoms with Crippen LogP contribution < -0.4 is 10.2 Å². The van der Waals surface area contributed by atoms with Crippen LogP contribution in [-0.2, 0) is 6.54 Å². The number of nitrogens with zero attached hydrogens (tertiary/aromatic N) is 4. The summed E-state index contributed by atoms with van der Waals surface area (Å²) in [7, 11) is 2.13. The Hall–Kier alpha value is -3.19. The van der Waals surface area contributed by atoms with E-state index in [1.54, 1.807) is 25.1 Å². The maximum absolute atomic E-state index is 14.1. The number of piperazine rings is 1. The van der Waals surface area contributed by atoms with E-state index in [1.807, 2.05) is 18.2 Å². The minimum atomic E-state index is -0.378. The number of para-hydroxylation sites is 2. The first-order valence-electron chi connectivity index (χ1n) is 10.1. The number of anilines is 1. The van der Waals surface area contributed by atoms with Crippen LogP contribution >= 0.6 is 0 Å². The van der Waals surface area contributed by atoms with Gasteiger partial charge in [-0.3, -0.25) is 4.79 Å². The molecule has 1 amide bonds. The minimum absolute atomic E-state index is 0.219. The lowest BCUT2D eigenvalue weighted by molar-refractivity contribution is 0.0950. The summed E-state index contributed by atoms with van der Waals surface area (Å²) in [6, 6.07) is 14.6. The van der Waals surface area contributed by atoms with Gasteiger partial charge in [-0.15, -0.1) is 0 Å². The lowest BCUT2D eigenvalue weighted by atomic mass is 10.1. The summed E-state index contributed by atoms with van der Waals surface area (Å²) in [5.41, 5.74) is 3.61. The van der Waals surface area contributed by atoms with Crippen molar-refractivity contribution < 1.29 is 9.18 Å². The van der Waals surface area contributed by atoms with Crippen LogP contribution in [0.3, 0.4) is 0 Å². The number of rotatable bonds is 5. The molecule has 0 radical (unpaired) electrons. The molecule has 2 aromatic carbocycles. The maximum atomic E-state index is 14.1. The van der Waals surface area contributed by atoms with Gasteiger partial charge in [-0.25, -0.2) is 9.07 Å². The van der Waals surface area contributed by atoms with E-state index in [9.17, 15) is 9.18 Å². The largest absolute Gasteiger partial charge is 0.369 e. The molecule has 1 aliphatic heterocycles. The van der Waals surface area contributed by atoms with Crippen molar-refractivity contribution >= 4 is 11.6 Å². The number of benzene rings is 2. The van der Waals surface area contributed by atoms with Crippen LogP contribution in [0, 0.1) is 12.7 Å². The molecule has 7 heteroatoms. The van der Waals surface area contributed by atoms with E-state index in [4.69, 9.17) is 0 Å². The highest BCUT2D eigenvalue weighted by Gasteiger charge is 2.19. The predicted molar refractivity (Wildman–Crippen MR) is 116 cm³/mol. The van der Waals surface area contributed by atoms with Crippen molar-refractivity contribution in [3.05, 3.63) is 77.4 Å². The fourth-order valence-corrected chi connectivity index (χ4v) is 3.79. The van der Waals surface area contributed by atoms with Gasteiger partial charge in [-0.2, -0.15) is 5.10 Å². The first-order valence-corrected chi connectivity index (χ1v) is 10.1. The normalized spacial score (nSPS) is 14.7. The zero-order valence-electron chi connectivity index (χ0n) is 17.3. The smallest absolute Gasteiger partial charge is 0.255 e. The molecule has 0 bridgehead atoms. The average Bonchev–Trinajstić information content (AvgIpc) is 3.14. The van der Waals surface area contributed by atoms with E-state index in [-0.39, 0.29) is 11.7 Å². The number of hydrogen-bond donors (Lipinski definition) is 1. The van der Waals surface area contributed by atoms with Crippen molar-refractivity contribution in [1.82, 2.24) is 20.0 Å². The molecule has 3 aromatic rings. The molecule has 0 saturated carbocycles. The van der Waals surface area contributed by atoms with Crippen molar-refractivity contribution in [2.45, 2.75) is 13.5 Å². The van der Waals surface area contributed by atoms with Crippen LogP contribution in [-0.4, -0.2) is 53.8 Å². The molecular weight excluding hydrogens is 381 g/mol. The lowest BCUT2D eigenvalue weighted by Crippen LogP contribution is -2.45. The van der Waals surface area contributed by atoms with Gasteiger partial charge in [0.15, 0.2) is 0 Å². The number of carbonyl (C=O) groups excluding carboxylic acids is 1. The Morgan fingerprint density at radius 3 is 2.43 bits per heavy atom. The summed E-state index contributed by atoms with van der Waals surface area (Å²) in [6.07, 6.45) is 1.49. The second-order valence-corrected chi connectivity index (χ2v) is 7.61. The summed E-state index contributed by atoms with van der Waals surface area (Å²) < 4.78 is 15.6. The Bertz CT molecular complexity index is 1040. The first kappa shape index (κ1) is 20.1. The highest BCUT2D eigenvalue weighted by molar-refractivity contribution is 5.95. The van der Waals surface area contributed by atoms with Crippen molar-refractivity contribution in [1.29, 1.82) is 0 Å². The Balaban J connectivity index is 1.48. The minimum Gasteiger partial charge on any atom is -0.369 e. The zero-order chi connectivity index (χ0) is 21.1. The molecule has 30 heavy (non-hydrogen) atoms. The summed E-state index contributed by atoms with van der Waals surface area (Å²) >= 11 is 0. The maximum Gasteiger partial charge on any atom is 0.255 e. The number of amides is 1. The molecule has 0 unspecified atom stereocenters. The molecule has 0 atom stereocenters. The fraction of sp³-hybridized carbons (Fsp3) is 0.304. The third-order valence-electron chi connectivity index (χ3n) is 5.61. The van der Waals surface area contributed by atoms with E-state index in [0.717, 1.165) is 37.4 Å². The van der Waals surface area contributed by atoms with Crippen LogP contribution in [0.2, 0.25) is 0 Å².